The second-order valence-corrected chi connectivity index (χ2v) is 7.53. The molecule has 7 nitrogen and oxygen atoms in total. The highest BCUT2D eigenvalue weighted by Crippen LogP contribution is 2.29. The van der Waals surface area contributed by atoms with Crippen molar-refractivity contribution in [1.29, 1.82) is 5.26 Å². The normalized spacial score (nSPS) is 12.5. The molecule has 8 heteroatoms. The van der Waals surface area contributed by atoms with E-state index in [1.54, 1.807) is 25.2 Å². The molecule has 0 aliphatic heterocycles. The van der Waals surface area contributed by atoms with E-state index in [4.69, 9.17) is 21.6 Å². The Hall–Kier alpha value is -3.07. The molecule has 146 valence electrons. The third kappa shape index (κ3) is 4.80. The van der Waals surface area contributed by atoms with E-state index in [1.165, 1.54) is 10.8 Å². The minimum atomic E-state index is -1.83. The van der Waals surface area contributed by atoms with E-state index in [-0.39, 0.29) is 28.9 Å². The lowest BCUT2D eigenvalue weighted by atomic mass is 10.1. The van der Waals surface area contributed by atoms with Gasteiger partial charge in [0.05, 0.1) is 18.2 Å². The Morgan fingerprint density at radius 1 is 1.50 bits per heavy atom. The summed E-state index contributed by atoms with van der Waals surface area (Å²) >= 11 is 0. The second-order valence-electron chi connectivity index (χ2n) is 6.50. The smallest absolute Gasteiger partial charge is 0.276 e. The molecule has 0 bridgehead atoms. The minimum Gasteiger partial charge on any atom is -0.489 e. The first kappa shape index (κ1) is 21.2. The Bertz CT molecular complexity index is 998. The van der Waals surface area contributed by atoms with E-state index in [1.807, 2.05) is 13.8 Å². The first-order valence-corrected chi connectivity index (χ1v) is 9.73. The lowest BCUT2D eigenvalue weighted by molar-refractivity contribution is 0.101. The van der Waals surface area contributed by atoms with Crippen molar-refractivity contribution in [1.82, 2.24) is 4.57 Å². The molecule has 1 aromatic heterocycles. The van der Waals surface area contributed by atoms with Crippen LogP contribution in [0.3, 0.4) is 0 Å². The number of nitriles is 1. The maximum atomic E-state index is 12.9. The van der Waals surface area contributed by atoms with Crippen LogP contribution in [0.2, 0.25) is 0 Å². The van der Waals surface area contributed by atoms with Crippen LogP contribution >= 0.6 is 0 Å². The molecular formula is C20H22N4O3S. The van der Waals surface area contributed by atoms with Gasteiger partial charge in [0, 0.05) is 31.3 Å². The SMILES string of the molecule is C#CCC(C)COc1c(S(N)=O)cn(C)c1C(=O)Nc1ccc(C)c(C#N)c1. The summed E-state index contributed by atoms with van der Waals surface area (Å²) in [5, 5.41) is 17.5. The van der Waals surface area contributed by atoms with E-state index < -0.39 is 16.9 Å². The number of aryl methyl sites for hydroxylation is 2. The van der Waals surface area contributed by atoms with E-state index in [9.17, 15) is 9.00 Å². The van der Waals surface area contributed by atoms with Gasteiger partial charge in [0.2, 0.25) is 0 Å². The third-order valence-corrected chi connectivity index (χ3v) is 4.85. The number of anilines is 1. The van der Waals surface area contributed by atoms with Gasteiger partial charge >= 0.3 is 0 Å². The van der Waals surface area contributed by atoms with Gasteiger partial charge in [-0.15, -0.1) is 12.3 Å². The number of ether oxygens (including phenoxy) is 1. The van der Waals surface area contributed by atoms with Crippen LogP contribution in [0.1, 0.15) is 35.0 Å². The van der Waals surface area contributed by atoms with Crippen molar-refractivity contribution in [2.24, 2.45) is 18.1 Å². The van der Waals surface area contributed by atoms with E-state index in [0.29, 0.717) is 17.7 Å². The quantitative estimate of drug-likeness (QED) is 0.698. The number of aromatic nitrogens is 1. The summed E-state index contributed by atoms with van der Waals surface area (Å²) < 4.78 is 19.2. The van der Waals surface area contributed by atoms with Gasteiger partial charge in [-0.2, -0.15) is 5.26 Å². The number of nitrogens with zero attached hydrogens (tertiary/aromatic N) is 2. The number of hydrogen-bond donors (Lipinski definition) is 2. The predicted octanol–water partition coefficient (Wildman–Crippen LogP) is 2.48. The first-order chi connectivity index (χ1) is 13.3. The van der Waals surface area contributed by atoms with E-state index >= 15 is 0 Å². The summed E-state index contributed by atoms with van der Waals surface area (Å²) in [5.41, 5.74) is 1.93. The Kier molecular flexibility index (Phi) is 7.00. The van der Waals surface area contributed by atoms with Crippen molar-refractivity contribution in [3.63, 3.8) is 0 Å². The standard InChI is InChI=1S/C20H22N4O3S/c1-5-6-13(2)12-27-19-17(28(22)26)11-24(4)18(19)20(25)23-16-8-7-14(3)15(9-16)10-21/h1,7-9,11,13H,6,12,22H2,2-4H3,(H,23,25). The molecule has 1 aromatic carbocycles. The van der Waals surface area contributed by atoms with Gasteiger partial charge < -0.3 is 14.6 Å². The summed E-state index contributed by atoms with van der Waals surface area (Å²) in [4.78, 5) is 13.1. The van der Waals surface area contributed by atoms with Crippen LogP contribution in [-0.4, -0.2) is 21.3 Å². The number of carbonyl (C=O) groups is 1. The molecule has 0 aliphatic rings. The van der Waals surface area contributed by atoms with Gasteiger partial charge in [0.15, 0.2) is 11.4 Å². The molecular weight excluding hydrogens is 376 g/mol. The molecule has 2 rings (SSSR count). The Morgan fingerprint density at radius 2 is 2.21 bits per heavy atom. The highest BCUT2D eigenvalue weighted by Gasteiger charge is 2.25. The number of nitrogens with one attached hydrogen (secondary N) is 1. The van der Waals surface area contributed by atoms with Gasteiger partial charge in [0.1, 0.15) is 15.9 Å². The van der Waals surface area contributed by atoms with Crippen LogP contribution in [0, 0.1) is 36.5 Å². The lowest BCUT2D eigenvalue weighted by Gasteiger charge is -2.14. The molecule has 0 aliphatic carbocycles. The van der Waals surface area contributed by atoms with Crippen molar-refractivity contribution in [3.8, 4) is 24.2 Å². The Balaban J connectivity index is 2.35. The van der Waals surface area contributed by atoms with Gasteiger partial charge in [-0.25, -0.2) is 9.35 Å². The average molecular weight is 398 g/mol. The zero-order valence-electron chi connectivity index (χ0n) is 16.0. The van der Waals surface area contributed by atoms with Crippen molar-refractivity contribution in [3.05, 3.63) is 41.2 Å². The maximum absolute atomic E-state index is 12.9. The van der Waals surface area contributed by atoms with Gasteiger partial charge in [0.25, 0.3) is 5.91 Å². The monoisotopic (exact) mass is 398 g/mol. The molecule has 0 radical (unpaired) electrons. The second kappa shape index (κ2) is 9.23. The summed E-state index contributed by atoms with van der Waals surface area (Å²) in [6.45, 7) is 3.98. The number of terminal acetylenes is 1. The fourth-order valence-corrected chi connectivity index (χ4v) is 3.22. The number of nitrogens with two attached hydrogens (primary N) is 1. The fourth-order valence-electron chi connectivity index (χ4n) is 2.62. The first-order valence-electron chi connectivity index (χ1n) is 8.52. The molecule has 2 aromatic rings. The van der Waals surface area contributed by atoms with Crippen molar-refractivity contribution < 1.29 is 13.7 Å². The molecule has 0 spiro atoms. The zero-order valence-corrected chi connectivity index (χ0v) is 16.8. The van der Waals surface area contributed by atoms with Gasteiger partial charge in [-0.3, -0.25) is 4.79 Å². The van der Waals surface area contributed by atoms with Gasteiger partial charge in [-0.1, -0.05) is 13.0 Å². The van der Waals surface area contributed by atoms with Crippen LogP contribution < -0.4 is 15.2 Å². The molecule has 1 amide bonds. The highest BCUT2D eigenvalue weighted by molar-refractivity contribution is 7.82. The number of benzene rings is 1. The highest BCUT2D eigenvalue weighted by atomic mass is 32.2. The number of rotatable bonds is 7. The molecule has 0 fully saturated rings. The maximum Gasteiger partial charge on any atom is 0.276 e. The topological polar surface area (TPSA) is 110 Å². The molecule has 28 heavy (non-hydrogen) atoms. The molecule has 2 unspecified atom stereocenters. The van der Waals surface area contributed by atoms with E-state index in [0.717, 1.165) is 5.56 Å². The van der Waals surface area contributed by atoms with E-state index in [2.05, 4.69) is 17.3 Å². The number of amides is 1. The minimum absolute atomic E-state index is 0.0514. The van der Waals surface area contributed by atoms with Crippen molar-refractivity contribution >= 4 is 22.6 Å². The van der Waals surface area contributed by atoms with Gasteiger partial charge in [-0.05, 0) is 24.6 Å². The average Bonchev–Trinajstić information content (AvgIpc) is 2.98. The summed E-state index contributed by atoms with van der Waals surface area (Å²) in [6.07, 6.45) is 7.33. The number of hydrogen-bond acceptors (Lipinski definition) is 4. The Morgan fingerprint density at radius 3 is 2.82 bits per heavy atom. The van der Waals surface area contributed by atoms with Crippen LogP contribution in [0.5, 0.6) is 5.75 Å². The molecule has 3 N–H and O–H groups in total. The third-order valence-electron chi connectivity index (χ3n) is 4.13. The molecule has 0 saturated heterocycles. The molecule has 1 heterocycles. The van der Waals surface area contributed by atoms with Crippen LogP contribution in [0.4, 0.5) is 5.69 Å². The number of carbonyl (C=O) groups excluding carboxylic acids is 1. The summed E-state index contributed by atoms with van der Waals surface area (Å²) in [6, 6.07) is 7.12. The van der Waals surface area contributed by atoms with Crippen molar-refractivity contribution in [2.75, 3.05) is 11.9 Å². The van der Waals surface area contributed by atoms with Crippen molar-refractivity contribution in [2.45, 2.75) is 25.2 Å². The summed E-state index contributed by atoms with van der Waals surface area (Å²) in [7, 11) is -0.191. The Labute approximate surface area is 167 Å². The largest absolute Gasteiger partial charge is 0.489 e. The van der Waals surface area contributed by atoms with Crippen LogP contribution in [-0.2, 0) is 18.0 Å². The predicted molar refractivity (Wildman–Crippen MR) is 108 cm³/mol. The van der Waals surface area contributed by atoms with Crippen LogP contribution in [0.15, 0.2) is 29.3 Å². The molecule has 0 saturated carbocycles. The zero-order chi connectivity index (χ0) is 20.8. The fraction of sp³-hybridized carbons (Fsp3) is 0.300. The summed E-state index contributed by atoms with van der Waals surface area (Å²) in [5.74, 6) is 2.31. The van der Waals surface area contributed by atoms with Crippen LogP contribution in [0.25, 0.3) is 0 Å². The molecule has 2 atom stereocenters. The lowest BCUT2D eigenvalue weighted by Crippen LogP contribution is -2.18.